The largest absolute Gasteiger partial charge is 0.619 e. The Bertz CT molecular complexity index is 693. The topological polar surface area (TPSA) is 67.6 Å². The maximum Gasteiger partial charge on any atom is 0.254 e. The summed E-state index contributed by atoms with van der Waals surface area (Å²) in [5.74, 6) is -0.123. The van der Waals surface area contributed by atoms with E-state index >= 15 is 0 Å². The van der Waals surface area contributed by atoms with Crippen molar-refractivity contribution in [1.82, 2.24) is 9.80 Å². The summed E-state index contributed by atoms with van der Waals surface area (Å²) >= 11 is 0. The molecule has 6 nitrogen and oxygen atoms in total. The van der Waals surface area contributed by atoms with Gasteiger partial charge in [-0.25, -0.2) is 0 Å². The van der Waals surface area contributed by atoms with E-state index < -0.39 is 0 Å². The highest BCUT2D eigenvalue weighted by molar-refractivity contribution is 5.95. The van der Waals surface area contributed by atoms with Crippen LogP contribution in [0.25, 0.3) is 0 Å². The Hall–Kier alpha value is -2.89. The Kier molecular flexibility index (Phi) is 4.23. The molecule has 6 heteroatoms. The summed E-state index contributed by atoms with van der Waals surface area (Å²) in [5.41, 5.74) is 1.15. The lowest BCUT2D eigenvalue weighted by Crippen LogP contribution is -2.50. The van der Waals surface area contributed by atoms with Crippen LogP contribution in [0.15, 0.2) is 54.9 Å². The summed E-state index contributed by atoms with van der Waals surface area (Å²) in [5, 5.41) is 11.0. The molecule has 2 amide bonds. The molecule has 1 aromatic heterocycles. The number of hydrogen-bond acceptors (Lipinski definition) is 3. The highest BCUT2D eigenvalue weighted by Crippen LogP contribution is 2.11. The SMILES string of the molecule is O=C(c1ccccc1)N1CCN(C(=O)c2cc[n+]([O-])cc2)CC1. The van der Waals surface area contributed by atoms with E-state index in [1.54, 1.807) is 21.9 Å². The van der Waals surface area contributed by atoms with E-state index in [4.69, 9.17) is 0 Å². The molecular formula is C17H17N3O3. The van der Waals surface area contributed by atoms with E-state index in [-0.39, 0.29) is 11.8 Å². The van der Waals surface area contributed by atoms with Gasteiger partial charge in [-0.15, -0.1) is 0 Å². The van der Waals surface area contributed by atoms with Gasteiger partial charge in [0.15, 0.2) is 12.4 Å². The quantitative estimate of drug-likeness (QED) is 0.612. The van der Waals surface area contributed by atoms with Crippen molar-refractivity contribution in [2.45, 2.75) is 0 Å². The molecule has 2 aromatic rings. The predicted molar refractivity (Wildman–Crippen MR) is 83.7 cm³/mol. The molecule has 0 bridgehead atoms. The molecule has 1 aromatic carbocycles. The molecule has 1 saturated heterocycles. The first-order valence-electron chi connectivity index (χ1n) is 7.47. The molecule has 0 N–H and O–H groups in total. The maximum atomic E-state index is 12.4. The number of hydrogen-bond donors (Lipinski definition) is 0. The predicted octanol–water partition coefficient (Wildman–Crippen LogP) is 0.918. The molecular weight excluding hydrogens is 294 g/mol. The number of carbonyl (C=O) groups excluding carboxylic acids is 2. The molecule has 0 radical (unpaired) electrons. The van der Waals surface area contributed by atoms with Crippen molar-refractivity contribution in [3.05, 3.63) is 71.2 Å². The molecule has 1 aliphatic rings. The molecule has 0 aliphatic carbocycles. The molecule has 0 saturated carbocycles. The molecule has 1 fully saturated rings. The molecule has 0 spiro atoms. The molecule has 0 atom stereocenters. The van der Waals surface area contributed by atoms with E-state index in [0.29, 0.717) is 42.0 Å². The summed E-state index contributed by atoms with van der Waals surface area (Å²) in [4.78, 5) is 28.2. The third-order valence-electron chi connectivity index (χ3n) is 3.92. The van der Waals surface area contributed by atoms with Gasteiger partial charge in [0.25, 0.3) is 11.8 Å². The lowest BCUT2D eigenvalue weighted by atomic mass is 10.1. The first-order chi connectivity index (χ1) is 11.1. The Morgan fingerprint density at radius 1 is 0.783 bits per heavy atom. The average molecular weight is 311 g/mol. The fourth-order valence-corrected chi connectivity index (χ4v) is 2.61. The number of aromatic nitrogens is 1. The van der Waals surface area contributed by atoms with Crippen molar-refractivity contribution in [1.29, 1.82) is 0 Å². The Labute approximate surface area is 134 Å². The van der Waals surface area contributed by atoms with Crippen LogP contribution in [0.3, 0.4) is 0 Å². The Morgan fingerprint density at radius 3 is 1.70 bits per heavy atom. The van der Waals surface area contributed by atoms with Crippen LogP contribution in [0.4, 0.5) is 0 Å². The van der Waals surface area contributed by atoms with Crippen LogP contribution in [0, 0.1) is 5.21 Å². The third kappa shape index (κ3) is 3.31. The van der Waals surface area contributed by atoms with E-state index in [9.17, 15) is 14.8 Å². The van der Waals surface area contributed by atoms with Crippen LogP contribution in [0.2, 0.25) is 0 Å². The maximum absolute atomic E-state index is 12.4. The second kappa shape index (κ2) is 6.48. The fraction of sp³-hybridized carbons (Fsp3) is 0.235. The number of rotatable bonds is 2. The summed E-state index contributed by atoms with van der Waals surface area (Å²) in [6, 6.07) is 12.2. The van der Waals surface area contributed by atoms with Crippen LogP contribution in [-0.2, 0) is 0 Å². The standard InChI is InChI=1S/C17H17N3O3/c21-16(14-4-2-1-3-5-14)18-10-12-19(13-11-18)17(22)15-6-8-20(23)9-7-15/h1-9H,10-13H2. The highest BCUT2D eigenvalue weighted by atomic mass is 16.5. The van der Waals surface area contributed by atoms with Crippen LogP contribution < -0.4 is 4.73 Å². The zero-order valence-electron chi connectivity index (χ0n) is 12.6. The van der Waals surface area contributed by atoms with Gasteiger partial charge in [-0.3, -0.25) is 9.59 Å². The van der Waals surface area contributed by atoms with Gasteiger partial charge in [-0.1, -0.05) is 18.2 Å². The van der Waals surface area contributed by atoms with Crippen LogP contribution in [-0.4, -0.2) is 47.8 Å². The van der Waals surface area contributed by atoms with Crippen molar-refractivity contribution in [2.24, 2.45) is 0 Å². The van der Waals surface area contributed by atoms with Gasteiger partial charge in [0.1, 0.15) is 0 Å². The van der Waals surface area contributed by atoms with Crippen LogP contribution in [0.1, 0.15) is 20.7 Å². The highest BCUT2D eigenvalue weighted by Gasteiger charge is 2.25. The van der Waals surface area contributed by atoms with Gasteiger partial charge < -0.3 is 15.0 Å². The molecule has 23 heavy (non-hydrogen) atoms. The number of benzene rings is 1. The van der Waals surface area contributed by atoms with E-state index in [1.165, 1.54) is 24.5 Å². The van der Waals surface area contributed by atoms with Gasteiger partial charge in [0.05, 0.1) is 5.56 Å². The van der Waals surface area contributed by atoms with Gasteiger partial charge >= 0.3 is 0 Å². The van der Waals surface area contributed by atoms with Crippen LogP contribution in [0.5, 0.6) is 0 Å². The Balaban J connectivity index is 1.61. The van der Waals surface area contributed by atoms with Crippen molar-refractivity contribution in [2.75, 3.05) is 26.2 Å². The van der Waals surface area contributed by atoms with E-state index in [2.05, 4.69) is 0 Å². The van der Waals surface area contributed by atoms with Crippen molar-refractivity contribution in [3.8, 4) is 0 Å². The first kappa shape index (κ1) is 15.0. The smallest absolute Gasteiger partial charge is 0.254 e. The molecule has 2 heterocycles. The molecule has 1 aliphatic heterocycles. The summed E-state index contributed by atoms with van der Waals surface area (Å²) < 4.78 is 0.646. The number of pyridine rings is 1. The second-order valence-electron chi connectivity index (χ2n) is 5.40. The minimum Gasteiger partial charge on any atom is -0.619 e. The monoisotopic (exact) mass is 311 g/mol. The Morgan fingerprint density at radius 2 is 1.22 bits per heavy atom. The summed E-state index contributed by atoms with van der Waals surface area (Å²) in [7, 11) is 0. The fourth-order valence-electron chi connectivity index (χ4n) is 2.61. The summed E-state index contributed by atoms with van der Waals surface area (Å²) in [6.45, 7) is 2.00. The van der Waals surface area contributed by atoms with E-state index in [0.717, 1.165) is 0 Å². The van der Waals surface area contributed by atoms with Crippen molar-refractivity contribution < 1.29 is 14.3 Å². The second-order valence-corrected chi connectivity index (χ2v) is 5.40. The normalized spacial score (nSPS) is 14.6. The average Bonchev–Trinajstić information content (AvgIpc) is 2.62. The minimum atomic E-state index is -0.114. The van der Waals surface area contributed by atoms with Gasteiger partial charge in [0.2, 0.25) is 0 Å². The van der Waals surface area contributed by atoms with E-state index in [1.807, 2.05) is 18.2 Å². The first-order valence-corrected chi connectivity index (χ1v) is 7.47. The zero-order chi connectivity index (χ0) is 16.2. The zero-order valence-corrected chi connectivity index (χ0v) is 12.6. The molecule has 0 unspecified atom stereocenters. The van der Waals surface area contributed by atoms with Gasteiger partial charge in [-0.2, -0.15) is 4.73 Å². The lowest BCUT2D eigenvalue weighted by Gasteiger charge is -2.34. The van der Waals surface area contributed by atoms with Gasteiger partial charge in [-0.05, 0) is 12.1 Å². The number of amides is 2. The lowest BCUT2D eigenvalue weighted by molar-refractivity contribution is -0.605. The summed E-state index contributed by atoms with van der Waals surface area (Å²) in [6.07, 6.45) is 2.62. The van der Waals surface area contributed by atoms with Crippen LogP contribution >= 0.6 is 0 Å². The molecule has 118 valence electrons. The van der Waals surface area contributed by atoms with Crippen molar-refractivity contribution >= 4 is 11.8 Å². The van der Waals surface area contributed by atoms with Crippen molar-refractivity contribution in [3.63, 3.8) is 0 Å². The minimum absolute atomic E-state index is 0.00944. The number of carbonyl (C=O) groups is 2. The third-order valence-corrected chi connectivity index (χ3v) is 3.92. The number of piperazine rings is 1. The van der Waals surface area contributed by atoms with Gasteiger partial charge in [0, 0.05) is 43.9 Å². The molecule has 3 rings (SSSR count). The number of nitrogens with zero attached hydrogens (tertiary/aromatic N) is 3.